The van der Waals surface area contributed by atoms with E-state index in [0.717, 1.165) is 0 Å². The second-order valence-electron chi connectivity index (χ2n) is 1.98. The Morgan fingerprint density at radius 1 is 1.22 bits per heavy atom. The molecule has 0 saturated heterocycles. The maximum absolute atomic E-state index is 8.44. The summed E-state index contributed by atoms with van der Waals surface area (Å²) in [5.41, 5.74) is 5.53. The number of aliphatic hydroxyl groups is 2. The molecule has 0 heterocycles. The van der Waals surface area contributed by atoms with Crippen molar-refractivity contribution in [3.63, 3.8) is 0 Å². The molecule has 0 aromatic carbocycles. The average Bonchev–Trinajstić information content (AvgIpc) is 1.64. The molecule has 0 fully saturated rings. The van der Waals surface area contributed by atoms with Gasteiger partial charge in [0.05, 0.1) is 4.45 Å². The summed E-state index contributed by atoms with van der Waals surface area (Å²) in [6.07, 6.45) is 0.932. The van der Waals surface area contributed by atoms with E-state index in [-0.39, 0.29) is 13.2 Å². The predicted molar refractivity (Wildman–Crippen MR) is 39.3 cm³/mol. The van der Waals surface area contributed by atoms with Crippen molar-refractivity contribution < 1.29 is 10.2 Å². The number of aliphatic hydroxyl groups excluding tert-OH is 2. The molecule has 0 aliphatic carbocycles. The van der Waals surface area contributed by atoms with Crippen molar-refractivity contribution in [2.45, 2.75) is 17.3 Å². The molecule has 0 aliphatic rings. The zero-order chi connectivity index (χ0) is 7.33. The highest BCUT2D eigenvalue weighted by molar-refractivity contribution is 9.10. The molecule has 4 N–H and O–H groups in total. The van der Waals surface area contributed by atoms with Crippen LogP contribution < -0.4 is 5.73 Å². The molecule has 0 unspecified atom stereocenters. The third-order valence-electron chi connectivity index (χ3n) is 1.05. The molecule has 0 bridgehead atoms. The predicted octanol–water partition coefficient (Wildman–Crippen LogP) is -0.199. The summed E-state index contributed by atoms with van der Waals surface area (Å²) >= 11 is 3.16. The summed E-state index contributed by atoms with van der Waals surface area (Å²) in [5, 5.41) is 16.9. The van der Waals surface area contributed by atoms with E-state index in [1.54, 1.807) is 0 Å². The molecule has 0 saturated carbocycles. The molecule has 0 atom stereocenters. The van der Waals surface area contributed by atoms with Crippen molar-refractivity contribution in [2.75, 3.05) is 13.2 Å². The van der Waals surface area contributed by atoms with E-state index in [2.05, 4.69) is 15.9 Å². The van der Waals surface area contributed by atoms with E-state index in [1.165, 1.54) is 0 Å². The van der Waals surface area contributed by atoms with E-state index in [4.69, 9.17) is 15.9 Å². The van der Waals surface area contributed by atoms with Gasteiger partial charge in [0.1, 0.15) is 0 Å². The van der Waals surface area contributed by atoms with Crippen molar-refractivity contribution in [2.24, 2.45) is 5.73 Å². The molecule has 0 rings (SSSR count). The minimum atomic E-state index is -0.587. The van der Waals surface area contributed by atoms with Gasteiger partial charge < -0.3 is 15.9 Å². The van der Waals surface area contributed by atoms with E-state index in [0.29, 0.717) is 12.8 Å². The maximum Gasteiger partial charge on any atom is 0.0761 e. The van der Waals surface area contributed by atoms with Crippen LogP contribution in [-0.2, 0) is 0 Å². The van der Waals surface area contributed by atoms with Gasteiger partial charge >= 0.3 is 0 Å². The van der Waals surface area contributed by atoms with Gasteiger partial charge in [0.15, 0.2) is 0 Å². The number of hydrogen-bond donors (Lipinski definition) is 3. The van der Waals surface area contributed by atoms with Gasteiger partial charge in [-0.2, -0.15) is 0 Å². The van der Waals surface area contributed by atoms with Crippen LogP contribution in [0.5, 0.6) is 0 Å². The van der Waals surface area contributed by atoms with Gasteiger partial charge in [-0.15, -0.1) is 0 Å². The lowest BCUT2D eigenvalue weighted by Gasteiger charge is -2.19. The Labute approximate surface area is 63.0 Å². The van der Waals surface area contributed by atoms with Crippen LogP contribution in [0.1, 0.15) is 12.8 Å². The van der Waals surface area contributed by atoms with E-state index >= 15 is 0 Å². The Morgan fingerprint density at radius 3 is 1.78 bits per heavy atom. The minimum absolute atomic E-state index is 0.0434. The van der Waals surface area contributed by atoms with Gasteiger partial charge in [0.2, 0.25) is 0 Å². The van der Waals surface area contributed by atoms with Crippen LogP contribution in [0.4, 0.5) is 0 Å². The Bertz CT molecular complexity index is 69.4. The highest BCUT2D eigenvalue weighted by Gasteiger charge is 2.18. The molecule has 0 aromatic heterocycles. The van der Waals surface area contributed by atoms with E-state index in [1.807, 2.05) is 0 Å². The molecular formula is C5H12BrNO2. The van der Waals surface area contributed by atoms with Crippen LogP contribution in [0, 0.1) is 0 Å². The number of nitrogens with two attached hydrogens (primary N) is 1. The number of rotatable bonds is 4. The Kier molecular flexibility index (Phi) is 4.39. The molecule has 0 spiro atoms. The normalized spacial score (nSPS) is 12.0. The summed E-state index contributed by atoms with van der Waals surface area (Å²) in [6.45, 7) is 0.0868. The second kappa shape index (κ2) is 4.22. The highest BCUT2D eigenvalue weighted by atomic mass is 79.9. The van der Waals surface area contributed by atoms with Gasteiger partial charge in [0.25, 0.3) is 0 Å². The lowest BCUT2D eigenvalue weighted by atomic mass is 10.2. The lowest BCUT2D eigenvalue weighted by molar-refractivity contribution is 0.235. The number of hydrogen-bond acceptors (Lipinski definition) is 3. The van der Waals surface area contributed by atoms with Crippen LogP contribution in [-0.4, -0.2) is 27.9 Å². The zero-order valence-electron chi connectivity index (χ0n) is 5.18. The summed E-state index contributed by atoms with van der Waals surface area (Å²) < 4.78 is -0.587. The smallest absolute Gasteiger partial charge is 0.0761 e. The topological polar surface area (TPSA) is 66.5 Å². The standard InChI is InChI=1S/C5H12BrNO2/c6-5(7,1-3-8)2-4-9/h8-9H,1-4,7H2. The van der Waals surface area contributed by atoms with Crippen LogP contribution in [0.3, 0.4) is 0 Å². The first kappa shape index (κ1) is 9.36. The highest BCUT2D eigenvalue weighted by Crippen LogP contribution is 2.18. The van der Waals surface area contributed by atoms with E-state index < -0.39 is 4.45 Å². The van der Waals surface area contributed by atoms with Gasteiger partial charge in [-0.05, 0) is 12.8 Å². The Hall–Kier alpha value is 0.360. The summed E-state index contributed by atoms with van der Waals surface area (Å²) in [6, 6.07) is 0. The third-order valence-corrected chi connectivity index (χ3v) is 1.85. The van der Waals surface area contributed by atoms with Crippen molar-refractivity contribution >= 4 is 15.9 Å². The molecule has 0 amide bonds. The molecule has 9 heavy (non-hydrogen) atoms. The first-order valence-corrected chi connectivity index (χ1v) is 3.61. The summed E-state index contributed by atoms with van der Waals surface area (Å²) in [7, 11) is 0. The van der Waals surface area contributed by atoms with Crippen LogP contribution in [0.15, 0.2) is 0 Å². The van der Waals surface area contributed by atoms with Crippen LogP contribution >= 0.6 is 15.9 Å². The quantitative estimate of drug-likeness (QED) is 0.433. The minimum Gasteiger partial charge on any atom is -0.396 e. The molecule has 0 radical (unpaired) electrons. The van der Waals surface area contributed by atoms with Crippen molar-refractivity contribution in [3.8, 4) is 0 Å². The Morgan fingerprint density at radius 2 is 1.56 bits per heavy atom. The molecule has 0 aromatic rings. The number of alkyl halides is 1. The molecule has 3 nitrogen and oxygen atoms in total. The van der Waals surface area contributed by atoms with Crippen LogP contribution in [0.25, 0.3) is 0 Å². The molecule has 4 heteroatoms. The fourth-order valence-electron chi connectivity index (χ4n) is 0.497. The third kappa shape index (κ3) is 4.84. The van der Waals surface area contributed by atoms with Crippen LogP contribution in [0.2, 0.25) is 0 Å². The lowest BCUT2D eigenvalue weighted by Crippen LogP contribution is -2.34. The van der Waals surface area contributed by atoms with Crippen molar-refractivity contribution in [3.05, 3.63) is 0 Å². The fourth-order valence-corrected chi connectivity index (χ4v) is 0.851. The first-order valence-electron chi connectivity index (χ1n) is 2.82. The van der Waals surface area contributed by atoms with Crippen molar-refractivity contribution in [1.82, 2.24) is 0 Å². The summed E-state index contributed by atoms with van der Waals surface area (Å²) in [5.74, 6) is 0. The largest absolute Gasteiger partial charge is 0.396 e. The monoisotopic (exact) mass is 197 g/mol. The average molecular weight is 198 g/mol. The number of halogens is 1. The molecule has 56 valence electrons. The first-order chi connectivity index (χ1) is 4.12. The Balaban J connectivity index is 3.43. The van der Waals surface area contributed by atoms with Gasteiger partial charge in [-0.25, -0.2) is 0 Å². The molecule has 0 aliphatic heterocycles. The van der Waals surface area contributed by atoms with Gasteiger partial charge in [0, 0.05) is 13.2 Å². The fraction of sp³-hybridized carbons (Fsp3) is 1.00. The second-order valence-corrected chi connectivity index (χ2v) is 3.56. The zero-order valence-corrected chi connectivity index (χ0v) is 6.76. The summed E-state index contributed by atoms with van der Waals surface area (Å²) in [4.78, 5) is 0. The van der Waals surface area contributed by atoms with Crippen molar-refractivity contribution in [1.29, 1.82) is 0 Å². The van der Waals surface area contributed by atoms with Gasteiger partial charge in [-0.3, -0.25) is 0 Å². The molecular weight excluding hydrogens is 186 g/mol. The SMILES string of the molecule is NC(Br)(CCO)CCO. The van der Waals surface area contributed by atoms with E-state index in [9.17, 15) is 0 Å². The van der Waals surface area contributed by atoms with Gasteiger partial charge in [-0.1, -0.05) is 15.9 Å². The maximum atomic E-state index is 8.44.